The summed E-state index contributed by atoms with van der Waals surface area (Å²) in [4.78, 5) is 22.0. The van der Waals surface area contributed by atoms with Gasteiger partial charge in [-0.25, -0.2) is 13.4 Å². The number of hydrogen-bond donors (Lipinski definition) is 1. The summed E-state index contributed by atoms with van der Waals surface area (Å²) < 4.78 is 27.1. The third kappa shape index (κ3) is 4.85. The van der Waals surface area contributed by atoms with Crippen LogP contribution in [0.25, 0.3) is 0 Å². The molecule has 2 aliphatic heterocycles. The van der Waals surface area contributed by atoms with Gasteiger partial charge in [0, 0.05) is 26.2 Å². The van der Waals surface area contributed by atoms with Crippen molar-refractivity contribution in [2.75, 3.05) is 31.1 Å². The molecule has 0 unspecified atom stereocenters. The maximum absolute atomic E-state index is 12.8. The molecule has 31 heavy (non-hydrogen) atoms. The number of hydrogen-bond acceptors (Lipinski definition) is 7. The molecule has 0 saturated carbocycles. The van der Waals surface area contributed by atoms with E-state index in [2.05, 4.69) is 25.1 Å². The Labute approximate surface area is 182 Å². The summed E-state index contributed by atoms with van der Waals surface area (Å²) in [6.07, 6.45) is 6.13. The molecule has 3 heterocycles. The lowest BCUT2D eigenvalue weighted by atomic mass is 10.1. The second-order valence-electron chi connectivity index (χ2n) is 8.03. The molecule has 4 rings (SSSR count). The Balaban J connectivity index is 1.57. The standard InChI is InChI=1S/C21H28N6O3S/c1-16-22-20(26-12-4-2-5-13-26)19(21(28)23-16)25-24-17-8-10-18(11-9-17)31(29,30)27-14-6-3-7-15-27/h8-11H,2-7,12-15H2,1H3,(H,22,23,28). The average Bonchev–Trinajstić information content (AvgIpc) is 2.79. The average molecular weight is 445 g/mol. The molecule has 0 aliphatic carbocycles. The van der Waals surface area contributed by atoms with Gasteiger partial charge >= 0.3 is 0 Å². The van der Waals surface area contributed by atoms with Crippen LogP contribution in [0.2, 0.25) is 0 Å². The maximum atomic E-state index is 12.8. The number of nitrogens with zero attached hydrogens (tertiary/aromatic N) is 5. The summed E-state index contributed by atoms with van der Waals surface area (Å²) in [5.74, 6) is 1.09. The highest BCUT2D eigenvalue weighted by Gasteiger charge is 2.25. The van der Waals surface area contributed by atoms with Crippen LogP contribution in [-0.2, 0) is 10.0 Å². The molecule has 0 bridgehead atoms. The first-order valence-corrected chi connectivity index (χ1v) is 12.3. The first-order chi connectivity index (χ1) is 14.9. The third-order valence-corrected chi connectivity index (χ3v) is 7.62. The van der Waals surface area contributed by atoms with E-state index in [-0.39, 0.29) is 16.1 Å². The number of azo groups is 1. The highest BCUT2D eigenvalue weighted by Crippen LogP contribution is 2.28. The van der Waals surface area contributed by atoms with Crippen LogP contribution in [0, 0.1) is 6.92 Å². The molecule has 2 aliphatic rings. The molecular weight excluding hydrogens is 416 g/mol. The van der Waals surface area contributed by atoms with E-state index in [0.29, 0.717) is 30.4 Å². The van der Waals surface area contributed by atoms with Crippen LogP contribution >= 0.6 is 0 Å². The first kappa shape index (κ1) is 21.6. The number of rotatable bonds is 5. The van der Waals surface area contributed by atoms with Crippen molar-refractivity contribution < 1.29 is 8.42 Å². The second-order valence-corrected chi connectivity index (χ2v) is 9.97. The number of aryl methyl sites for hydroxylation is 1. The van der Waals surface area contributed by atoms with E-state index in [0.717, 1.165) is 45.2 Å². The lowest BCUT2D eigenvalue weighted by molar-refractivity contribution is 0.346. The number of sulfonamides is 1. The zero-order valence-electron chi connectivity index (χ0n) is 17.7. The van der Waals surface area contributed by atoms with Gasteiger partial charge in [-0.3, -0.25) is 4.79 Å². The molecule has 1 aromatic carbocycles. The first-order valence-electron chi connectivity index (χ1n) is 10.8. The van der Waals surface area contributed by atoms with E-state index in [9.17, 15) is 13.2 Å². The number of anilines is 1. The summed E-state index contributed by atoms with van der Waals surface area (Å²) in [6, 6.07) is 6.30. The zero-order valence-corrected chi connectivity index (χ0v) is 18.6. The molecule has 0 atom stereocenters. The van der Waals surface area contributed by atoms with Gasteiger partial charge in [0.15, 0.2) is 11.5 Å². The van der Waals surface area contributed by atoms with Crippen molar-refractivity contribution in [3.05, 3.63) is 40.4 Å². The Hall–Kier alpha value is -2.59. The number of aromatic amines is 1. The molecule has 1 N–H and O–H groups in total. The molecule has 10 heteroatoms. The Bertz CT molecular complexity index is 1100. The van der Waals surface area contributed by atoms with Gasteiger partial charge in [-0.1, -0.05) is 6.42 Å². The molecule has 2 fully saturated rings. The molecular formula is C21H28N6O3S. The molecule has 2 saturated heterocycles. The van der Waals surface area contributed by atoms with Gasteiger partial charge in [-0.15, -0.1) is 5.11 Å². The predicted octanol–water partition coefficient (Wildman–Crippen LogP) is 3.66. The Morgan fingerprint density at radius 2 is 1.52 bits per heavy atom. The van der Waals surface area contributed by atoms with E-state index in [1.54, 1.807) is 31.2 Å². The van der Waals surface area contributed by atoms with Gasteiger partial charge in [0.2, 0.25) is 10.0 Å². The monoisotopic (exact) mass is 444 g/mol. The van der Waals surface area contributed by atoms with Gasteiger partial charge in [-0.2, -0.15) is 9.42 Å². The van der Waals surface area contributed by atoms with Crippen molar-refractivity contribution in [3.63, 3.8) is 0 Å². The number of benzene rings is 1. The Morgan fingerprint density at radius 3 is 2.16 bits per heavy atom. The Kier molecular flexibility index (Phi) is 6.47. The SMILES string of the molecule is Cc1nc(N2CCCCC2)c(N=Nc2ccc(S(=O)(=O)N3CCCCC3)cc2)c(=O)[nH]1. The Morgan fingerprint density at radius 1 is 0.903 bits per heavy atom. The van der Waals surface area contributed by atoms with Crippen molar-refractivity contribution in [1.82, 2.24) is 14.3 Å². The molecule has 0 radical (unpaired) electrons. The van der Waals surface area contributed by atoms with Gasteiger partial charge in [0.25, 0.3) is 5.56 Å². The minimum absolute atomic E-state index is 0.178. The van der Waals surface area contributed by atoms with Crippen LogP contribution in [0.5, 0.6) is 0 Å². The smallest absolute Gasteiger partial charge is 0.280 e. The van der Waals surface area contributed by atoms with Crippen LogP contribution in [0.4, 0.5) is 17.2 Å². The summed E-state index contributed by atoms with van der Waals surface area (Å²) in [5, 5.41) is 8.38. The largest absolute Gasteiger partial charge is 0.355 e. The van der Waals surface area contributed by atoms with Crippen LogP contribution < -0.4 is 10.5 Å². The highest BCUT2D eigenvalue weighted by molar-refractivity contribution is 7.89. The number of H-pyrrole nitrogens is 1. The lowest BCUT2D eigenvalue weighted by Crippen LogP contribution is -2.35. The number of aromatic nitrogens is 2. The fourth-order valence-electron chi connectivity index (χ4n) is 4.03. The van der Waals surface area contributed by atoms with Gasteiger partial charge < -0.3 is 9.88 Å². The summed E-state index contributed by atoms with van der Waals surface area (Å²) in [6.45, 7) is 4.54. The van der Waals surface area contributed by atoms with E-state index in [1.165, 1.54) is 10.7 Å². The quantitative estimate of drug-likeness (QED) is 0.708. The van der Waals surface area contributed by atoms with Crippen LogP contribution in [0.3, 0.4) is 0 Å². The zero-order chi connectivity index (χ0) is 21.8. The fraction of sp³-hybridized carbons (Fsp3) is 0.524. The number of piperidine rings is 2. The van der Waals surface area contributed by atoms with Crippen LogP contribution in [0.1, 0.15) is 44.3 Å². The third-order valence-electron chi connectivity index (χ3n) is 5.71. The second kappa shape index (κ2) is 9.27. The topological polar surface area (TPSA) is 111 Å². The maximum Gasteiger partial charge on any atom is 0.280 e. The molecule has 0 spiro atoms. The molecule has 0 amide bonds. The normalized spacial score (nSPS) is 18.5. The molecule has 166 valence electrons. The van der Waals surface area contributed by atoms with E-state index >= 15 is 0 Å². The summed E-state index contributed by atoms with van der Waals surface area (Å²) in [5.41, 5.74) is 0.320. The van der Waals surface area contributed by atoms with Crippen LogP contribution in [-0.4, -0.2) is 48.9 Å². The van der Waals surface area contributed by atoms with Crippen molar-refractivity contribution in [2.45, 2.75) is 50.3 Å². The van der Waals surface area contributed by atoms with E-state index in [4.69, 9.17) is 0 Å². The lowest BCUT2D eigenvalue weighted by Gasteiger charge is -2.28. The van der Waals surface area contributed by atoms with Crippen molar-refractivity contribution in [3.8, 4) is 0 Å². The summed E-state index contributed by atoms with van der Waals surface area (Å²) >= 11 is 0. The van der Waals surface area contributed by atoms with E-state index < -0.39 is 10.0 Å². The van der Waals surface area contributed by atoms with Crippen molar-refractivity contribution >= 4 is 27.2 Å². The predicted molar refractivity (Wildman–Crippen MR) is 119 cm³/mol. The minimum Gasteiger partial charge on any atom is -0.355 e. The van der Waals surface area contributed by atoms with E-state index in [1.807, 2.05) is 0 Å². The van der Waals surface area contributed by atoms with Gasteiger partial charge in [-0.05, 0) is 63.3 Å². The van der Waals surface area contributed by atoms with Gasteiger partial charge in [0.1, 0.15) is 5.82 Å². The molecule has 9 nitrogen and oxygen atoms in total. The fourth-order valence-corrected chi connectivity index (χ4v) is 5.55. The minimum atomic E-state index is -3.49. The van der Waals surface area contributed by atoms with Crippen LogP contribution in [0.15, 0.2) is 44.2 Å². The van der Waals surface area contributed by atoms with Crippen molar-refractivity contribution in [1.29, 1.82) is 0 Å². The summed E-state index contributed by atoms with van der Waals surface area (Å²) in [7, 11) is -3.49. The van der Waals surface area contributed by atoms with Crippen molar-refractivity contribution in [2.24, 2.45) is 10.2 Å². The van der Waals surface area contributed by atoms with Gasteiger partial charge in [0.05, 0.1) is 10.6 Å². The molecule has 1 aromatic heterocycles. The highest BCUT2D eigenvalue weighted by atomic mass is 32.2. The molecule has 2 aromatic rings. The number of nitrogens with one attached hydrogen (secondary N) is 1.